The summed E-state index contributed by atoms with van der Waals surface area (Å²) in [6, 6.07) is 5.36. The summed E-state index contributed by atoms with van der Waals surface area (Å²) in [7, 11) is 0. The molecule has 2 rings (SSSR count). The van der Waals surface area contributed by atoms with E-state index in [9.17, 15) is 9.59 Å². The quantitative estimate of drug-likeness (QED) is 0.633. The normalized spacial score (nSPS) is 9.81. The highest BCUT2D eigenvalue weighted by Gasteiger charge is 2.08. The van der Waals surface area contributed by atoms with Crippen LogP contribution in [-0.2, 0) is 0 Å². The van der Waals surface area contributed by atoms with Gasteiger partial charge in [0.15, 0.2) is 0 Å². The maximum absolute atomic E-state index is 11.9. The van der Waals surface area contributed by atoms with Crippen molar-refractivity contribution in [3.63, 3.8) is 0 Å². The van der Waals surface area contributed by atoms with Gasteiger partial charge in [-0.05, 0) is 24.6 Å². The highest BCUT2D eigenvalue weighted by molar-refractivity contribution is 6.02. The van der Waals surface area contributed by atoms with Gasteiger partial charge in [-0.15, -0.1) is 0 Å². The van der Waals surface area contributed by atoms with Crippen LogP contribution in [0.3, 0.4) is 0 Å². The molecule has 4 N–H and O–H groups in total. The number of rotatable bonds is 3. The zero-order valence-corrected chi connectivity index (χ0v) is 11.5. The van der Waals surface area contributed by atoms with Crippen LogP contribution in [0.5, 0.6) is 0 Å². The average Bonchev–Trinajstić information content (AvgIpc) is 2.89. The van der Waals surface area contributed by atoms with E-state index < -0.39 is 11.6 Å². The topological polar surface area (TPSA) is 98.0 Å². The number of nitrogens with one attached hydrogen (secondary N) is 3. The van der Waals surface area contributed by atoms with Gasteiger partial charge in [0.05, 0.1) is 6.61 Å². The van der Waals surface area contributed by atoms with Gasteiger partial charge in [0.2, 0.25) is 0 Å². The van der Waals surface area contributed by atoms with E-state index in [1.807, 2.05) is 13.0 Å². The predicted octanol–water partition coefficient (Wildman–Crippen LogP) is 0.998. The SMILES string of the molecule is Cc1ccc(NC(=O)c2c[nH]c(=O)[nH]2)cc1C#CCCO. The lowest BCUT2D eigenvalue weighted by Crippen LogP contribution is -2.14. The molecule has 0 fully saturated rings. The second kappa shape index (κ2) is 6.59. The highest BCUT2D eigenvalue weighted by Crippen LogP contribution is 2.15. The summed E-state index contributed by atoms with van der Waals surface area (Å²) in [6.07, 6.45) is 1.72. The van der Waals surface area contributed by atoms with Gasteiger partial charge in [-0.1, -0.05) is 17.9 Å². The third-order valence-electron chi connectivity index (χ3n) is 2.80. The van der Waals surface area contributed by atoms with Crippen LogP contribution in [0.1, 0.15) is 28.0 Å². The third-order valence-corrected chi connectivity index (χ3v) is 2.80. The minimum atomic E-state index is -0.431. The van der Waals surface area contributed by atoms with Crippen molar-refractivity contribution in [2.45, 2.75) is 13.3 Å². The maximum atomic E-state index is 11.9. The lowest BCUT2D eigenvalue weighted by molar-refractivity contribution is 0.102. The summed E-state index contributed by atoms with van der Waals surface area (Å²) in [5, 5.41) is 11.4. The van der Waals surface area contributed by atoms with Crippen LogP contribution in [0.15, 0.2) is 29.2 Å². The molecule has 6 heteroatoms. The van der Waals surface area contributed by atoms with Crippen LogP contribution in [0.2, 0.25) is 0 Å². The van der Waals surface area contributed by atoms with E-state index >= 15 is 0 Å². The highest BCUT2D eigenvalue weighted by atomic mass is 16.2. The Morgan fingerprint density at radius 2 is 2.24 bits per heavy atom. The molecule has 0 bridgehead atoms. The molecule has 0 spiro atoms. The molecule has 108 valence electrons. The Labute approximate surface area is 121 Å². The number of hydrogen-bond acceptors (Lipinski definition) is 3. The van der Waals surface area contributed by atoms with Crippen molar-refractivity contribution in [1.82, 2.24) is 9.97 Å². The van der Waals surface area contributed by atoms with E-state index in [0.717, 1.165) is 11.1 Å². The van der Waals surface area contributed by atoms with Gasteiger partial charge in [-0.2, -0.15) is 0 Å². The van der Waals surface area contributed by atoms with Crippen molar-refractivity contribution in [3.8, 4) is 11.8 Å². The Morgan fingerprint density at radius 1 is 1.43 bits per heavy atom. The fraction of sp³-hybridized carbons (Fsp3) is 0.200. The summed E-state index contributed by atoms with van der Waals surface area (Å²) >= 11 is 0. The summed E-state index contributed by atoms with van der Waals surface area (Å²) in [5.74, 6) is 5.38. The number of carbonyl (C=O) groups excluding carboxylic acids is 1. The number of carbonyl (C=O) groups is 1. The average molecular weight is 285 g/mol. The van der Waals surface area contributed by atoms with Crippen molar-refractivity contribution in [3.05, 3.63) is 51.7 Å². The molecule has 0 aliphatic rings. The number of amides is 1. The Kier molecular flexibility index (Phi) is 4.59. The molecule has 21 heavy (non-hydrogen) atoms. The number of H-pyrrole nitrogens is 2. The molecule has 1 aromatic carbocycles. The number of aliphatic hydroxyl groups excluding tert-OH is 1. The number of aromatic nitrogens is 2. The van der Waals surface area contributed by atoms with Gasteiger partial charge >= 0.3 is 5.69 Å². The van der Waals surface area contributed by atoms with Gasteiger partial charge in [0, 0.05) is 23.9 Å². The van der Waals surface area contributed by atoms with Crippen LogP contribution >= 0.6 is 0 Å². The molecule has 0 aliphatic heterocycles. The molecular formula is C15H15N3O3. The minimum absolute atomic E-state index is 0.0172. The molecule has 0 unspecified atom stereocenters. The van der Waals surface area contributed by atoms with Gasteiger partial charge in [-0.3, -0.25) is 4.79 Å². The van der Waals surface area contributed by atoms with Crippen LogP contribution in [0.4, 0.5) is 5.69 Å². The number of aliphatic hydroxyl groups is 1. The first-order chi connectivity index (χ1) is 10.1. The standard InChI is InChI=1S/C15H15N3O3/c1-10-5-6-12(8-11(10)4-2-3-7-19)17-14(20)13-9-16-15(21)18-13/h5-6,8-9,19H,3,7H2,1H3,(H,17,20)(H2,16,18,21). The molecule has 0 aliphatic carbocycles. The summed E-state index contributed by atoms with van der Waals surface area (Å²) < 4.78 is 0. The lowest BCUT2D eigenvalue weighted by atomic mass is 10.1. The molecule has 0 saturated heterocycles. The summed E-state index contributed by atoms with van der Waals surface area (Å²) in [6.45, 7) is 1.93. The maximum Gasteiger partial charge on any atom is 0.323 e. The molecule has 1 amide bonds. The monoisotopic (exact) mass is 285 g/mol. The lowest BCUT2D eigenvalue weighted by Gasteiger charge is -2.06. The first-order valence-corrected chi connectivity index (χ1v) is 6.39. The molecule has 0 radical (unpaired) electrons. The summed E-state index contributed by atoms with van der Waals surface area (Å²) in [4.78, 5) is 27.6. The van der Waals surface area contributed by atoms with Crippen LogP contribution < -0.4 is 11.0 Å². The van der Waals surface area contributed by atoms with Crippen molar-refractivity contribution in [1.29, 1.82) is 0 Å². The van der Waals surface area contributed by atoms with Crippen molar-refractivity contribution >= 4 is 11.6 Å². The fourth-order valence-corrected chi connectivity index (χ4v) is 1.70. The van der Waals surface area contributed by atoms with Crippen molar-refractivity contribution in [2.24, 2.45) is 0 Å². The fourth-order valence-electron chi connectivity index (χ4n) is 1.70. The van der Waals surface area contributed by atoms with Crippen molar-refractivity contribution < 1.29 is 9.90 Å². The smallest absolute Gasteiger partial charge is 0.323 e. The van der Waals surface area contributed by atoms with Gasteiger partial charge in [0.1, 0.15) is 5.69 Å². The first kappa shape index (κ1) is 14.6. The molecular weight excluding hydrogens is 270 g/mol. The first-order valence-electron chi connectivity index (χ1n) is 6.39. The van der Waals surface area contributed by atoms with Gasteiger partial charge < -0.3 is 20.4 Å². The number of aromatic amines is 2. The van der Waals surface area contributed by atoms with E-state index in [4.69, 9.17) is 5.11 Å². The minimum Gasteiger partial charge on any atom is -0.395 e. The molecule has 0 saturated carbocycles. The van der Waals surface area contributed by atoms with E-state index in [2.05, 4.69) is 27.1 Å². The number of imidazole rings is 1. The van der Waals surface area contributed by atoms with E-state index in [1.54, 1.807) is 12.1 Å². The van der Waals surface area contributed by atoms with E-state index in [1.165, 1.54) is 6.20 Å². The summed E-state index contributed by atoms with van der Waals surface area (Å²) in [5.41, 5.74) is 2.08. The molecule has 1 aromatic heterocycles. The van der Waals surface area contributed by atoms with Crippen LogP contribution in [-0.4, -0.2) is 27.6 Å². The molecule has 0 atom stereocenters. The second-order valence-electron chi connectivity index (χ2n) is 4.42. The van der Waals surface area contributed by atoms with E-state index in [0.29, 0.717) is 12.1 Å². The predicted molar refractivity (Wildman–Crippen MR) is 79.1 cm³/mol. The van der Waals surface area contributed by atoms with Gasteiger partial charge in [0.25, 0.3) is 5.91 Å². The van der Waals surface area contributed by atoms with Crippen LogP contribution in [0.25, 0.3) is 0 Å². The largest absolute Gasteiger partial charge is 0.395 e. The zero-order valence-electron chi connectivity index (χ0n) is 11.5. The second-order valence-corrected chi connectivity index (χ2v) is 4.42. The van der Waals surface area contributed by atoms with Crippen molar-refractivity contribution in [2.75, 3.05) is 11.9 Å². The number of aryl methyl sites for hydroxylation is 1. The molecule has 6 nitrogen and oxygen atoms in total. The Bertz CT molecular complexity index is 762. The molecule has 1 heterocycles. The number of anilines is 1. The Balaban J connectivity index is 2.18. The Morgan fingerprint density at radius 3 is 2.90 bits per heavy atom. The Hall–Kier alpha value is -2.78. The van der Waals surface area contributed by atoms with E-state index in [-0.39, 0.29) is 12.3 Å². The van der Waals surface area contributed by atoms with Crippen LogP contribution in [0, 0.1) is 18.8 Å². The van der Waals surface area contributed by atoms with Gasteiger partial charge in [-0.25, -0.2) is 4.79 Å². The zero-order chi connectivity index (χ0) is 15.2. The number of benzene rings is 1. The number of hydrogen-bond donors (Lipinski definition) is 4. The molecule has 2 aromatic rings. The third kappa shape index (κ3) is 3.84.